The normalized spacial score (nSPS) is 33.1. The molecule has 3 nitrogen and oxygen atoms in total. The predicted octanol–water partition coefficient (Wildman–Crippen LogP) is 2.35. The van der Waals surface area contributed by atoms with E-state index in [4.69, 9.17) is 4.74 Å². The molecule has 0 heterocycles. The molecule has 17 heavy (non-hydrogen) atoms. The Morgan fingerprint density at radius 2 is 2.12 bits per heavy atom. The number of hydrogen-bond donors (Lipinski definition) is 1. The predicted molar refractivity (Wildman–Crippen MR) is 67.6 cm³/mol. The highest BCUT2D eigenvalue weighted by Gasteiger charge is 2.41. The number of fused-ring (bicyclic) bond motifs is 2. The van der Waals surface area contributed by atoms with Gasteiger partial charge in [-0.1, -0.05) is 20.3 Å². The molecule has 2 fully saturated rings. The van der Waals surface area contributed by atoms with Gasteiger partial charge in [0.15, 0.2) is 0 Å². The van der Waals surface area contributed by atoms with Crippen molar-refractivity contribution >= 4 is 5.97 Å². The number of methoxy groups -OCH3 is 1. The van der Waals surface area contributed by atoms with E-state index in [1.54, 1.807) is 0 Å². The van der Waals surface area contributed by atoms with Gasteiger partial charge in [-0.2, -0.15) is 0 Å². The molecule has 0 radical (unpaired) electrons. The van der Waals surface area contributed by atoms with E-state index in [9.17, 15) is 4.79 Å². The molecule has 0 saturated heterocycles. The molecule has 2 aliphatic rings. The lowest BCUT2D eigenvalue weighted by molar-refractivity contribution is -0.144. The number of hydrogen-bond acceptors (Lipinski definition) is 3. The largest absolute Gasteiger partial charge is 0.468 e. The Balaban J connectivity index is 1.90. The molecular weight excluding hydrogens is 214 g/mol. The van der Waals surface area contributed by atoms with Crippen molar-refractivity contribution in [3.63, 3.8) is 0 Å². The lowest BCUT2D eigenvalue weighted by Crippen LogP contribution is -2.46. The van der Waals surface area contributed by atoms with Gasteiger partial charge in [0.1, 0.15) is 6.04 Å². The van der Waals surface area contributed by atoms with Crippen LogP contribution in [0.1, 0.15) is 46.0 Å². The molecule has 2 aliphatic carbocycles. The van der Waals surface area contributed by atoms with Gasteiger partial charge in [0, 0.05) is 6.04 Å². The number of nitrogens with one attached hydrogen (secondary N) is 1. The minimum absolute atomic E-state index is 0.0959. The summed E-state index contributed by atoms with van der Waals surface area (Å²) in [5.74, 6) is 2.14. The third-order valence-corrected chi connectivity index (χ3v) is 4.35. The van der Waals surface area contributed by atoms with Crippen molar-refractivity contribution in [1.29, 1.82) is 0 Å². The van der Waals surface area contributed by atoms with Crippen molar-refractivity contribution < 1.29 is 9.53 Å². The lowest BCUT2D eigenvalue weighted by Gasteiger charge is -2.28. The van der Waals surface area contributed by atoms with Crippen molar-refractivity contribution in [3.05, 3.63) is 0 Å². The van der Waals surface area contributed by atoms with Gasteiger partial charge in [0.2, 0.25) is 0 Å². The maximum Gasteiger partial charge on any atom is 0.322 e. The molecule has 0 aliphatic heterocycles. The molecule has 0 aromatic carbocycles. The van der Waals surface area contributed by atoms with Gasteiger partial charge in [-0.15, -0.1) is 0 Å². The molecule has 3 heteroatoms. The van der Waals surface area contributed by atoms with Crippen molar-refractivity contribution in [2.75, 3.05) is 7.11 Å². The highest BCUT2D eigenvalue weighted by Crippen LogP contribution is 2.44. The van der Waals surface area contributed by atoms with Crippen molar-refractivity contribution in [2.45, 2.75) is 58.0 Å². The molecule has 0 spiro atoms. The van der Waals surface area contributed by atoms with Gasteiger partial charge in [-0.05, 0) is 43.4 Å². The number of rotatable bonds is 5. The summed E-state index contributed by atoms with van der Waals surface area (Å²) in [5, 5.41) is 3.55. The Morgan fingerprint density at radius 3 is 2.59 bits per heavy atom. The maximum absolute atomic E-state index is 11.8. The van der Waals surface area contributed by atoms with Crippen molar-refractivity contribution in [3.8, 4) is 0 Å². The van der Waals surface area contributed by atoms with E-state index in [1.807, 2.05) is 0 Å². The molecule has 4 atom stereocenters. The number of carbonyl (C=O) groups is 1. The van der Waals surface area contributed by atoms with E-state index in [-0.39, 0.29) is 12.0 Å². The van der Waals surface area contributed by atoms with E-state index in [1.165, 1.54) is 32.8 Å². The molecule has 2 saturated carbocycles. The van der Waals surface area contributed by atoms with Crippen LogP contribution in [-0.4, -0.2) is 25.2 Å². The standard InChI is InChI=1S/C14H25NO2/c1-9(2)6-13(14(16)17-3)15-12-8-10-4-5-11(12)7-10/h9-13,15H,4-8H2,1-3H3. The topological polar surface area (TPSA) is 38.3 Å². The zero-order chi connectivity index (χ0) is 12.4. The van der Waals surface area contributed by atoms with Gasteiger partial charge in [0.25, 0.3) is 0 Å². The Hall–Kier alpha value is -0.570. The van der Waals surface area contributed by atoms with Crippen molar-refractivity contribution in [1.82, 2.24) is 5.32 Å². The van der Waals surface area contributed by atoms with E-state index in [2.05, 4.69) is 19.2 Å². The van der Waals surface area contributed by atoms with Gasteiger partial charge in [-0.25, -0.2) is 0 Å². The van der Waals surface area contributed by atoms with Crippen LogP contribution in [0.5, 0.6) is 0 Å². The third-order valence-electron chi connectivity index (χ3n) is 4.35. The molecular formula is C14H25NO2. The highest BCUT2D eigenvalue weighted by atomic mass is 16.5. The second-order valence-electron chi connectivity index (χ2n) is 6.15. The summed E-state index contributed by atoms with van der Waals surface area (Å²) in [7, 11) is 1.48. The second kappa shape index (κ2) is 5.38. The van der Waals surface area contributed by atoms with Crippen LogP contribution in [0.25, 0.3) is 0 Å². The minimum atomic E-state index is -0.107. The Morgan fingerprint density at radius 1 is 1.35 bits per heavy atom. The smallest absolute Gasteiger partial charge is 0.322 e. The van der Waals surface area contributed by atoms with Crippen LogP contribution < -0.4 is 5.32 Å². The fraction of sp³-hybridized carbons (Fsp3) is 0.929. The molecule has 2 bridgehead atoms. The Bertz CT molecular complexity index is 277. The monoisotopic (exact) mass is 239 g/mol. The molecule has 0 amide bonds. The molecule has 0 aromatic rings. The van der Waals surface area contributed by atoms with Crippen LogP contribution in [0.2, 0.25) is 0 Å². The highest BCUT2D eigenvalue weighted by molar-refractivity contribution is 5.75. The first-order valence-electron chi connectivity index (χ1n) is 6.94. The lowest BCUT2D eigenvalue weighted by atomic mass is 9.93. The SMILES string of the molecule is COC(=O)C(CC(C)C)NC1CC2CCC1C2. The molecule has 0 aromatic heterocycles. The van der Waals surface area contributed by atoms with Crippen molar-refractivity contribution in [2.24, 2.45) is 17.8 Å². The van der Waals surface area contributed by atoms with Crippen LogP contribution >= 0.6 is 0 Å². The zero-order valence-electron chi connectivity index (χ0n) is 11.2. The number of esters is 1. The van der Waals surface area contributed by atoms with E-state index in [0.717, 1.165) is 18.3 Å². The maximum atomic E-state index is 11.8. The first-order chi connectivity index (χ1) is 8.10. The van der Waals surface area contributed by atoms with Gasteiger partial charge < -0.3 is 10.1 Å². The quantitative estimate of drug-likeness (QED) is 0.748. The average molecular weight is 239 g/mol. The molecule has 1 N–H and O–H groups in total. The van der Waals surface area contributed by atoms with Gasteiger partial charge in [0.05, 0.1) is 7.11 Å². The summed E-state index contributed by atoms with van der Waals surface area (Å²) >= 11 is 0. The molecule has 4 unspecified atom stereocenters. The minimum Gasteiger partial charge on any atom is -0.468 e. The number of ether oxygens (including phenoxy) is 1. The first-order valence-corrected chi connectivity index (χ1v) is 6.94. The van der Waals surface area contributed by atoms with Crippen LogP contribution in [-0.2, 0) is 9.53 Å². The fourth-order valence-corrected chi connectivity index (χ4v) is 3.55. The summed E-state index contributed by atoms with van der Waals surface area (Å²) < 4.78 is 4.90. The summed E-state index contributed by atoms with van der Waals surface area (Å²) in [6, 6.07) is 0.445. The summed E-state index contributed by atoms with van der Waals surface area (Å²) in [6.07, 6.45) is 6.25. The van der Waals surface area contributed by atoms with E-state index >= 15 is 0 Å². The van der Waals surface area contributed by atoms with Crippen LogP contribution in [0, 0.1) is 17.8 Å². The van der Waals surface area contributed by atoms with Crippen LogP contribution in [0.15, 0.2) is 0 Å². The van der Waals surface area contributed by atoms with Gasteiger partial charge >= 0.3 is 5.97 Å². The van der Waals surface area contributed by atoms with E-state index in [0.29, 0.717) is 12.0 Å². The third kappa shape index (κ3) is 3.01. The first kappa shape index (κ1) is 12.9. The molecule has 2 rings (SSSR count). The summed E-state index contributed by atoms with van der Waals surface area (Å²) in [5.41, 5.74) is 0. The second-order valence-corrected chi connectivity index (χ2v) is 6.15. The average Bonchev–Trinajstić information content (AvgIpc) is 2.88. The van der Waals surface area contributed by atoms with Crippen LogP contribution in [0.4, 0.5) is 0 Å². The Kier molecular flexibility index (Phi) is 4.08. The summed E-state index contributed by atoms with van der Waals surface area (Å²) in [4.78, 5) is 11.8. The van der Waals surface area contributed by atoms with Crippen LogP contribution in [0.3, 0.4) is 0 Å². The fourth-order valence-electron chi connectivity index (χ4n) is 3.55. The number of carbonyl (C=O) groups excluding carboxylic acids is 1. The zero-order valence-corrected chi connectivity index (χ0v) is 11.2. The van der Waals surface area contributed by atoms with E-state index < -0.39 is 0 Å². The van der Waals surface area contributed by atoms with Gasteiger partial charge in [-0.3, -0.25) is 4.79 Å². The molecule has 98 valence electrons. The Labute approximate surface area is 104 Å². The summed E-state index contributed by atoms with van der Waals surface area (Å²) in [6.45, 7) is 4.30.